The molecule has 0 aromatic carbocycles. The van der Waals surface area contributed by atoms with E-state index in [9.17, 15) is 9.59 Å². The molecule has 21 heavy (non-hydrogen) atoms. The summed E-state index contributed by atoms with van der Waals surface area (Å²) in [6, 6.07) is 0. The number of nitrogens with two attached hydrogens (primary N) is 1. The van der Waals surface area contributed by atoms with Gasteiger partial charge in [0, 0.05) is 39.0 Å². The van der Waals surface area contributed by atoms with Crippen LogP contribution in [0.15, 0.2) is 0 Å². The van der Waals surface area contributed by atoms with Gasteiger partial charge in [0.2, 0.25) is 11.8 Å². The highest BCUT2D eigenvalue weighted by Crippen LogP contribution is 2.20. The maximum absolute atomic E-state index is 12.3. The predicted octanol–water partition coefficient (Wildman–Crippen LogP) is 1.64. The number of amides is 2. The molecule has 0 aromatic heterocycles. The minimum absolute atomic E-state index is 0. The van der Waals surface area contributed by atoms with Gasteiger partial charge in [-0.15, -0.1) is 12.4 Å². The highest BCUT2D eigenvalue weighted by Gasteiger charge is 2.28. The maximum Gasteiger partial charge on any atom is 0.225 e. The van der Waals surface area contributed by atoms with Crippen LogP contribution in [0.25, 0.3) is 0 Å². The molecular weight excluding hydrogens is 290 g/mol. The van der Waals surface area contributed by atoms with E-state index in [0.29, 0.717) is 26.1 Å². The van der Waals surface area contributed by atoms with Gasteiger partial charge in [-0.05, 0) is 32.2 Å². The Morgan fingerprint density at radius 2 is 1.86 bits per heavy atom. The van der Waals surface area contributed by atoms with Crippen molar-refractivity contribution in [3.63, 3.8) is 0 Å². The van der Waals surface area contributed by atoms with Crippen LogP contribution < -0.4 is 5.73 Å². The number of carbonyl (C=O) groups is 2. The third kappa shape index (κ3) is 6.66. The number of hydrogen-bond acceptors (Lipinski definition) is 3. The average Bonchev–Trinajstić information content (AvgIpc) is 2.49. The monoisotopic (exact) mass is 319 g/mol. The number of likely N-dealkylation sites (tertiary alicyclic amines) is 1. The quantitative estimate of drug-likeness (QED) is 0.776. The average molecular weight is 320 g/mol. The second-order valence-electron chi connectivity index (χ2n) is 5.66. The van der Waals surface area contributed by atoms with Gasteiger partial charge in [-0.2, -0.15) is 0 Å². The smallest absolute Gasteiger partial charge is 0.225 e. The van der Waals surface area contributed by atoms with E-state index in [0.717, 1.165) is 38.6 Å². The summed E-state index contributed by atoms with van der Waals surface area (Å²) in [7, 11) is 1.89. The molecule has 0 aromatic rings. The van der Waals surface area contributed by atoms with E-state index in [-0.39, 0.29) is 30.1 Å². The lowest BCUT2D eigenvalue weighted by atomic mass is 9.95. The summed E-state index contributed by atoms with van der Waals surface area (Å²) >= 11 is 0. The topological polar surface area (TPSA) is 66.6 Å². The van der Waals surface area contributed by atoms with Crippen LogP contribution in [0.3, 0.4) is 0 Å². The summed E-state index contributed by atoms with van der Waals surface area (Å²) in [6.07, 6.45) is 5.03. The molecule has 1 aliphatic rings. The Kier molecular flexibility index (Phi) is 10.4. The predicted molar refractivity (Wildman–Crippen MR) is 87.4 cm³/mol. The molecule has 124 valence electrons. The molecule has 1 rings (SSSR count). The first-order chi connectivity index (χ1) is 9.60. The first kappa shape index (κ1) is 20.2. The van der Waals surface area contributed by atoms with Gasteiger partial charge in [-0.1, -0.05) is 13.3 Å². The highest BCUT2D eigenvalue weighted by atomic mass is 35.5. The zero-order chi connectivity index (χ0) is 15.0. The molecule has 0 spiro atoms. The van der Waals surface area contributed by atoms with Crippen molar-refractivity contribution >= 4 is 24.2 Å². The van der Waals surface area contributed by atoms with Crippen LogP contribution in [0.5, 0.6) is 0 Å². The normalized spacial score (nSPS) is 15.5. The lowest BCUT2D eigenvalue weighted by Gasteiger charge is -2.33. The summed E-state index contributed by atoms with van der Waals surface area (Å²) in [6.45, 7) is 4.94. The summed E-state index contributed by atoms with van der Waals surface area (Å²) in [5, 5.41) is 0. The fraction of sp³-hybridized carbons (Fsp3) is 0.867. The van der Waals surface area contributed by atoms with Crippen molar-refractivity contribution in [3.05, 3.63) is 0 Å². The molecule has 5 nitrogen and oxygen atoms in total. The van der Waals surface area contributed by atoms with E-state index in [1.807, 2.05) is 16.8 Å². The zero-order valence-corrected chi connectivity index (χ0v) is 14.2. The van der Waals surface area contributed by atoms with Crippen LogP contribution >= 0.6 is 12.4 Å². The number of piperidine rings is 1. The molecule has 0 bridgehead atoms. The third-order valence-electron chi connectivity index (χ3n) is 4.01. The van der Waals surface area contributed by atoms with Gasteiger partial charge < -0.3 is 15.5 Å². The second-order valence-corrected chi connectivity index (χ2v) is 5.66. The van der Waals surface area contributed by atoms with Crippen LogP contribution in [0.2, 0.25) is 0 Å². The van der Waals surface area contributed by atoms with E-state index in [1.165, 1.54) is 0 Å². The molecule has 0 atom stereocenters. The molecule has 0 aliphatic carbocycles. The summed E-state index contributed by atoms with van der Waals surface area (Å²) in [4.78, 5) is 27.9. The van der Waals surface area contributed by atoms with Crippen LogP contribution in [0.4, 0.5) is 0 Å². The Morgan fingerprint density at radius 1 is 1.24 bits per heavy atom. The molecule has 1 aliphatic heterocycles. The molecule has 1 saturated heterocycles. The lowest BCUT2D eigenvalue weighted by Crippen LogP contribution is -2.43. The van der Waals surface area contributed by atoms with Gasteiger partial charge in [-0.3, -0.25) is 9.59 Å². The molecule has 0 radical (unpaired) electrons. The first-order valence-corrected chi connectivity index (χ1v) is 7.83. The summed E-state index contributed by atoms with van der Waals surface area (Å²) in [5.41, 5.74) is 5.42. The van der Waals surface area contributed by atoms with Crippen molar-refractivity contribution in [1.29, 1.82) is 0 Å². The largest absolute Gasteiger partial charge is 0.346 e. The van der Waals surface area contributed by atoms with Crippen molar-refractivity contribution < 1.29 is 9.59 Å². The van der Waals surface area contributed by atoms with Gasteiger partial charge in [0.05, 0.1) is 0 Å². The number of unbranched alkanes of at least 4 members (excludes halogenated alkanes) is 1. The van der Waals surface area contributed by atoms with Gasteiger partial charge in [0.1, 0.15) is 0 Å². The Bertz CT molecular complexity index is 318. The van der Waals surface area contributed by atoms with Crippen molar-refractivity contribution in [2.75, 3.05) is 33.2 Å². The van der Waals surface area contributed by atoms with E-state index in [2.05, 4.69) is 6.92 Å². The van der Waals surface area contributed by atoms with Crippen molar-refractivity contribution in [3.8, 4) is 0 Å². The molecule has 0 saturated carbocycles. The molecular formula is C15H30ClN3O2. The fourth-order valence-electron chi connectivity index (χ4n) is 2.60. The SMILES string of the molecule is CCCCN(C)C(=O)C1CCN(C(=O)CCCN)CC1.Cl. The molecule has 2 amide bonds. The number of carbonyl (C=O) groups excluding carboxylic acids is 2. The number of rotatable bonds is 7. The molecule has 2 N–H and O–H groups in total. The third-order valence-corrected chi connectivity index (χ3v) is 4.01. The number of halogens is 1. The number of nitrogens with zero attached hydrogens (tertiary/aromatic N) is 2. The minimum atomic E-state index is 0. The second kappa shape index (κ2) is 10.9. The van der Waals surface area contributed by atoms with Gasteiger partial charge in [-0.25, -0.2) is 0 Å². The Hall–Kier alpha value is -0.810. The van der Waals surface area contributed by atoms with Gasteiger partial charge in [0.15, 0.2) is 0 Å². The van der Waals surface area contributed by atoms with Crippen LogP contribution in [0.1, 0.15) is 45.4 Å². The molecule has 1 heterocycles. The minimum Gasteiger partial charge on any atom is -0.346 e. The van der Waals surface area contributed by atoms with Crippen LogP contribution in [0, 0.1) is 5.92 Å². The Balaban J connectivity index is 0.00000400. The summed E-state index contributed by atoms with van der Waals surface area (Å²) < 4.78 is 0. The van der Waals surface area contributed by atoms with Crippen molar-refractivity contribution in [2.45, 2.75) is 45.4 Å². The Morgan fingerprint density at radius 3 is 2.38 bits per heavy atom. The Labute approximate surface area is 134 Å². The van der Waals surface area contributed by atoms with Gasteiger partial charge >= 0.3 is 0 Å². The molecule has 0 unspecified atom stereocenters. The van der Waals surface area contributed by atoms with E-state index < -0.39 is 0 Å². The standard InChI is InChI=1S/C15H29N3O2.ClH/c1-3-4-10-17(2)15(20)13-7-11-18(12-8-13)14(19)6-5-9-16;/h13H,3-12,16H2,1-2H3;1H. The van der Waals surface area contributed by atoms with Crippen molar-refractivity contribution in [2.24, 2.45) is 11.7 Å². The lowest BCUT2D eigenvalue weighted by molar-refractivity contribution is -0.139. The van der Waals surface area contributed by atoms with Gasteiger partial charge in [0.25, 0.3) is 0 Å². The number of hydrogen-bond donors (Lipinski definition) is 1. The summed E-state index contributed by atoms with van der Waals surface area (Å²) in [5.74, 6) is 0.517. The molecule has 1 fully saturated rings. The zero-order valence-electron chi connectivity index (χ0n) is 13.3. The highest BCUT2D eigenvalue weighted by molar-refractivity contribution is 5.85. The fourth-order valence-corrected chi connectivity index (χ4v) is 2.60. The van der Waals surface area contributed by atoms with Crippen LogP contribution in [-0.4, -0.2) is 54.8 Å². The van der Waals surface area contributed by atoms with E-state index in [1.54, 1.807) is 0 Å². The van der Waals surface area contributed by atoms with Crippen molar-refractivity contribution in [1.82, 2.24) is 9.80 Å². The maximum atomic E-state index is 12.3. The first-order valence-electron chi connectivity index (χ1n) is 7.83. The van der Waals surface area contributed by atoms with Crippen LogP contribution in [-0.2, 0) is 9.59 Å². The van der Waals surface area contributed by atoms with E-state index in [4.69, 9.17) is 5.73 Å². The van der Waals surface area contributed by atoms with E-state index >= 15 is 0 Å². The molecule has 6 heteroatoms.